The van der Waals surface area contributed by atoms with Crippen LogP contribution in [0.2, 0.25) is 0 Å². The number of methoxy groups -OCH3 is 2. The minimum absolute atomic E-state index is 0.262. The molecule has 3 rings (SSSR count). The topological polar surface area (TPSA) is 55.8 Å². The fraction of sp³-hybridized carbons (Fsp3) is 0.217. The van der Waals surface area contributed by atoms with Gasteiger partial charge in [-0.25, -0.2) is 4.79 Å². The molecule has 0 unspecified atom stereocenters. The van der Waals surface area contributed by atoms with Gasteiger partial charge in [-0.2, -0.15) is 0 Å². The van der Waals surface area contributed by atoms with Crippen molar-refractivity contribution < 1.29 is 19.1 Å². The lowest BCUT2D eigenvalue weighted by Crippen LogP contribution is -2.24. The molecule has 28 heavy (non-hydrogen) atoms. The SMILES string of the molecule is COC(=O)C1=C(C)N(c2cc(C)cc(C)c2)C(=O)/C1=C\c1ccccc1OC. The van der Waals surface area contributed by atoms with Crippen molar-refractivity contribution in [1.29, 1.82) is 0 Å². The van der Waals surface area contributed by atoms with Crippen molar-refractivity contribution in [2.45, 2.75) is 20.8 Å². The predicted molar refractivity (Wildman–Crippen MR) is 109 cm³/mol. The van der Waals surface area contributed by atoms with E-state index in [0.29, 0.717) is 17.0 Å². The van der Waals surface area contributed by atoms with Crippen molar-refractivity contribution in [2.75, 3.05) is 19.1 Å². The number of allylic oxidation sites excluding steroid dienone is 1. The molecule has 0 aromatic heterocycles. The van der Waals surface area contributed by atoms with Gasteiger partial charge < -0.3 is 9.47 Å². The van der Waals surface area contributed by atoms with E-state index in [4.69, 9.17) is 9.47 Å². The molecule has 0 bridgehead atoms. The number of amides is 1. The van der Waals surface area contributed by atoms with Crippen LogP contribution in [-0.4, -0.2) is 26.1 Å². The quantitative estimate of drug-likeness (QED) is 0.592. The minimum Gasteiger partial charge on any atom is -0.496 e. The third kappa shape index (κ3) is 3.43. The van der Waals surface area contributed by atoms with Crippen molar-refractivity contribution in [2.24, 2.45) is 0 Å². The first kappa shape index (κ1) is 19.4. The van der Waals surface area contributed by atoms with Crippen LogP contribution in [0.25, 0.3) is 6.08 Å². The predicted octanol–water partition coefficient (Wildman–Crippen LogP) is 4.19. The Morgan fingerprint density at radius 1 is 1.00 bits per heavy atom. The number of carbonyl (C=O) groups excluding carboxylic acids is 2. The Balaban J connectivity index is 2.19. The largest absolute Gasteiger partial charge is 0.496 e. The molecule has 0 N–H and O–H groups in total. The molecular weight excluding hydrogens is 354 g/mol. The molecule has 1 aliphatic rings. The molecular formula is C23H23NO4. The molecule has 1 heterocycles. The molecule has 5 nitrogen and oxygen atoms in total. The number of rotatable bonds is 4. The smallest absolute Gasteiger partial charge is 0.340 e. The molecule has 2 aromatic rings. The third-order valence-electron chi connectivity index (χ3n) is 4.69. The highest BCUT2D eigenvalue weighted by atomic mass is 16.5. The molecule has 2 aromatic carbocycles. The monoisotopic (exact) mass is 377 g/mol. The summed E-state index contributed by atoms with van der Waals surface area (Å²) in [6.45, 7) is 5.71. The fourth-order valence-electron chi connectivity index (χ4n) is 3.51. The highest BCUT2D eigenvalue weighted by Gasteiger charge is 2.38. The van der Waals surface area contributed by atoms with Gasteiger partial charge in [0, 0.05) is 16.9 Å². The van der Waals surface area contributed by atoms with Gasteiger partial charge in [0.1, 0.15) is 5.75 Å². The van der Waals surface area contributed by atoms with Crippen LogP contribution in [0.3, 0.4) is 0 Å². The van der Waals surface area contributed by atoms with E-state index >= 15 is 0 Å². The average molecular weight is 377 g/mol. The van der Waals surface area contributed by atoms with Crippen LogP contribution >= 0.6 is 0 Å². The zero-order chi connectivity index (χ0) is 20.4. The van der Waals surface area contributed by atoms with Crippen molar-refractivity contribution in [3.05, 3.63) is 76.0 Å². The molecule has 5 heteroatoms. The van der Waals surface area contributed by atoms with Crippen LogP contribution in [0.4, 0.5) is 5.69 Å². The summed E-state index contributed by atoms with van der Waals surface area (Å²) in [6, 6.07) is 13.2. The van der Waals surface area contributed by atoms with Crippen LogP contribution in [0.15, 0.2) is 59.3 Å². The summed E-state index contributed by atoms with van der Waals surface area (Å²) < 4.78 is 10.3. The second-order valence-electron chi connectivity index (χ2n) is 6.74. The maximum absolute atomic E-state index is 13.3. The first-order chi connectivity index (χ1) is 13.4. The second-order valence-corrected chi connectivity index (χ2v) is 6.74. The summed E-state index contributed by atoms with van der Waals surface area (Å²) in [5.74, 6) is -0.192. The zero-order valence-corrected chi connectivity index (χ0v) is 16.7. The van der Waals surface area contributed by atoms with E-state index in [0.717, 1.165) is 16.8 Å². The van der Waals surface area contributed by atoms with Crippen molar-refractivity contribution in [3.63, 3.8) is 0 Å². The van der Waals surface area contributed by atoms with Crippen LogP contribution in [0.5, 0.6) is 5.75 Å². The van der Waals surface area contributed by atoms with Crippen LogP contribution in [0.1, 0.15) is 23.6 Å². The summed E-state index contributed by atoms with van der Waals surface area (Å²) in [5.41, 5.74) is 4.61. The maximum Gasteiger partial charge on any atom is 0.340 e. The Bertz CT molecular complexity index is 997. The van der Waals surface area contributed by atoms with Gasteiger partial charge in [0.05, 0.1) is 25.4 Å². The van der Waals surface area contributed by atoms with Gasteiger partial charge in [0.2, 0.25) is 0 Å². The van der Waals surface area contributed by atoms with Gasteiger partial charge in [0.15, 0.2) is 0 Å². The fourth-order valence-corrected chi connectivity index (χ4v) is 3.51. The number of carbonyl (C=O) groups is 2. The number of hydrogen-bond donors (Lipinski definition) is 0. The van der Waals surface area contributed by atoms with E-state index in [9.17, 15) is 9.59 Å². The van der Waals surface area contributed by atoms with Crippen LogP contribution in [0, 0.1) is 13.8 Å². The second kappa shape index (κ2) is 7.72. The Labute approximate surface area is 164 Å². The zero-order valence-electron chi connectivity index (χ0n) is 16.7. The molecule has 0 fully saturated rings. The lowest BCUT2D eigenvalue weighted by Gasteiger charge is -2.19. The van der Waals surface area contributed by atoms with Gasteiger partial charge in [-0.3, -0.25) is 9.69 Å². The minimum atomic E-state index is -0.543. The molecule has 0 atom stereocenters. The highest BCUT2D eigenvalue weighted by Crippen LogP contribution is 2.37. The summed E-state index contributed by atoms with van der Waals surface area (Å²) in [5, 5.41) is 0. The van der Waals surface area contributed by atoms with Gasteiger partial charge in [-0.15, -0.1) is 0 Å². The number of ether oxygens (including phenoxy) is 2. The van der Waals surface area contributed by atoms with Crippen molar-refractivity contribution >= 4 is 23.6 Å². The number of para-hydroxylation sites is 1. The molecule has 0 radical (unpaired) electrons. The molecule has 0 aliphatic carbocycles. The summed E-state index contributed by atoms with van der Waals surface area (Å²) in [6.07, 6.45) is 1.68. The first-order valence-corrected chi connectivity index (χ1v) is 8.94. The highest BCUT2D eigenvalue weighted by molar-refractivity contribution is 6.24. The van der Waals surface area contributed by atoms with Crippen LogP contribution < -0.4 is 9.64 Å². The van der Waals surface area contributed by atoms with Gasteiger partial charge in [0.25, 0.3) is 5.91 Å². The number of hydrogen-bond acceptors (Lipinski definition) is 4. The lowest BCUT2D eigenvalue weighted by molar-refractivity contribution is -0.136. The van der Waals surface area contributed by atoms with Crippen molar-refractivity contribution in [1.82, 2.24) is 0 Å². The van der Waals surface area contributed by atoms with Crippen molar-refractivity contribution in [3.8, 4) is 5.75 Å². The Morgan fingerprint density at radius 2 is 1.64 bits per heavy atom. The molecule has 1 amide bonds. The number of nitrogens with zero attached hydrogens (tertiary/aromatic N) is 1. The van der Waals surface area contributed by atoms with Gasteiger partial charge >= 0.3 is 5.97 Å². The van der Waals surface area contributed by atoms with E-state index in [2.05, 4.69) is 0 Å². The number of benzene rings is 2. The maximum atomic E-state index is 13.3. The van der Waals surface area contributed by atoms with E-state index in [-0.39, 0.29) is 17.1 Å². The normalized spacial score (nSPS) is 15.4. The Hall–Kier alpha value is -3.34. The standard InChI is InChI=1S/C23H23NO4/c1-14-10-15(2)12-18(11-14)24-16(3)21(23(26)28-5)19(22(24)25)13-17-8-6-7-9-20(17)27-4/h6-13H,1-5H3/b19-13-. The molecule has 0 spiro atoms. The van der Waals surface area contributed by atoms with E-state index in [1.807, 2.05) is 56.3 Å². The van der Waals surface area contributed by atoms with E-state index in [1.54, 1.807) is 25.0 Å². The Morgan fingerprint density at radius 3 is 2.25 bits per heavy atom. The number of esters is 1. The Kier molecular flexibility index (Phi) is 5.36. The lowest BCUT2D eigenvalue weighted by atomic mass is 10.0. The summed E-state index contributed by atoms with van der Waals surface area (Å²) in [4.78, 5) is 27.4. The van der Waals surface area contributed by atoms with Gasteiger partial charge in [-0.1, -0.05) is 24.3 Å². The molecule has 144 valence electrons. The van der Waals surface area contributed by atoms with E-state index < -0.39 is 5.97 Å². The molecule has 0 saturated heterocycles. The third-order valence-corrected chi connectivity index (χ3v) is 4.69. The summed E-state index contributed by atoms with van der Waals surface area (Å²) >= 11 is 0. The first-order valence-electron chi connectivity index (χ1n) is 8.94. The number of aryl methyl sites for hydroxylation is 2. The van der Waals surface area contributed by atoms with Gasteiger partial charge in [-0.05, 0) is 56.2 Å². The number of anilines is 1. The average Bonchev–Trinajstić information content (AvgIpc) is 2.90. The molecule has 1 aliphatic heterocycles. The summed E-state index contributed by atoms with van der Waals surface area (Å²) in [7, 11) is 2.88. The molecule has 0 saturated carbocycles. The van der Waals surface area contributed by atoms with E-state index in [1.165, 1.54) is 7.11 Å². The van der Waals surface area contributed by atoms with Crippen LogP contribution in [-0.2, 0) is 14.3 Å².